The Balaban J connectivity index is 2.07. The summed E-state index contributed by atoms with van der Waals surface area (Å²) < 4.78 is 1.06. The van der Waals surface area contributed by atoms with Crippen molar-refractivity contribution in [2.24, 2.45) is 5.73 Å². The van der Waals surface area contributed by atoms with Crippen LogP contribution in [0.2, 0.25) is 0 Å². The third-order valence-electron chi connectivity index (χ3n) is 2.95. The zero-order valence-electron chi connectivity index (χ0n) is 10.6. The predicted octanol–water partition coefficient (Wildman–Crippen LogP) is 3.47. The Kier molecular flexibility index (Phi) is 4.22. The van der Waals surface area contributed by atoms with Crippen molar-refractivity contribution >= 4 is 27.5 Å². The molecule has 1 amide bonds. The van der Waals surface area contributed by atoms with Gasteiger partial charge in [0.25, 0.3) is 0 Å². The Morgan fingerprint density at radius 3 is 2.47 bits per heavy atom. The largest absolute Gasteiger partial charge is 0.381 e. The number of rotatable bonds is 4. The molecule has 0 heterocycles. The first-order chi connectivity index (χ1) is 9.06. The van der Waals surface area contributed by atoms with Gasteiger partial charge < -0.3 is 11.1 Å². The van der Waals surface area contributed by atoms with Crippen molar-refractivity contribution in [3.63, 3.8) is 0 Å². The van der Waals surface area contributed by atoms with Gasteiger partial charge in [-0.2, -0.15) is 0 Å². The van der Waals surface area contributed by atoms with Gasteiger partial charge in [0.05, 0.1) is 0 Å². The SMILES string of the molecule is Cc1cc(C(N)=O)ccc1CNc1ccc(Br)cc1. The third kappa shape index (κ3) is 3.58. The minimum Gasteiger partial charge on any atom is -0.381 e. The van der Waals surface area contributed by atoms with Crippen LogP contribution >= 0.6 is 15.9 Å². The first-order valence-corrected chi connectivity index (χ1v) is 6.74. The smallest absolute Gasteiger partial charge is 0.248 e. The summed E-state index contributed by atoms with van der Waals surface area (Å²) in [6.07, 6.45) is 0. The highest BCUT2D eigenvalue weighted by molar-refractivity contribution is 9.10. The molecule has 0 aliphatic rings. The van der Waals surface area contributed by atoms with Gasteiger partial charge in [0, 0.05) is 22.3 Å². The van der Waals surface area contributed by atoms with E-state index in [9.17, 15) is 4.79 Å². The number of carbonyl (C=O) groups is 1. The van der Waals surface area contributed by atoms with Gasteiger partial charge in [0.1, 0.15) is 0 Å². The lowest BCUT2D eigenvalue weighted by atomic mass is 10.0. The summed E-state index contributed by atoms with van der Waals surface area (Å²) in [5, 5.41) is 3.34. The highest BCUT2D eigenvalue weighted by Gasteiger charge is 2.04. The van der Waals surface area contributed by atoms with E-state index in [-0.39, 0.29) is 0 Å². The Bertz CT molecular complexity index is 594. The monoisotopic (exact) mass is 318 g/mol. The van der Waals surface area contributed by atoms with Crippen LogP contribution < -0.4 is 11.1 Å². The first kappa shape index (κ1) is 13.6. The molecule has 0 atom stereocenters. The molecule has 2 aromatic rings. The van der Waals surface area contributed by atoms with Crippen LogP contribution in [0.5, 0.6) is 0 Å². The highest BCUT2D eigenvalue weighted by Crippen LogP contribution is 2.16. The number of hydrogen-bond donors (Lipinski definition) is 2. The third-order valence-corrected chi connectivity index (χ3v) is 3.48. The lowest BCUT2D eigenvalue weighted by molar-refractivity contribution is 0.1000. The lowest BCUT2D eigenvalue weighted by Crippen LogP contribution is -2.11. The van der Waals surface area contributed by atoms with E-state index in [1.807, 2.05) is 43.3 Å². The molecule has 4 heteroatoms. The summed E-state index contributed by atoms with van der Waals surface area (Å²) in [6, 6.07) is 13.5. The van der Waals surface area contributed by atoms with Crippen LogP contribution in [0.3, 0.4) is 0 Å². The zero-order chi connectivity index (χ0) is 13.8. The van der Waals surface area contributed by atoms with E-state index in [0.29, 0.717) is 12.1 Å². The van der Waals surface area contributed by atoms with Gasteiger partial charge in [0.2, 0.25) is 5.91 Å². The molecule has 0 aliphatic carbocycles. The number of aryl methyl sites for hydroxylation is 1. The lowest BCUT2D eigenvalue weighted by Gasteiger charge is -2.10. The molecule has 0 aliphatic heterocycles. The van der Waals surface area contributed by atoms with E-state index in [4.69, 9.17) is 5.73 Å². The van der Waals surface area contributed by atoms with Gasteiger partial charge in [-0.1, -0.05) is 22.0 Å². The second-order valence-corrected chi connectivity index (χ2v) is 5.28. The topological polar surface area (TPSA) is 55.1 Å². The molecule has 0 bridgehead atoms. The minimum absolute atomic E-state index is 0.393. The first-order valence-electron chi connectivity index (χ1n) is 5.95. The number of carbonyl (C=O) groups excluding carboxylic acids is 1. The Labute approximate surface area is 121 Å². The number of nitrogens with one attached hydrogen (secondary N) is 1. The van der Waals surface area contributed by atoms with Crippen LogP contribution in [0.4, 0.5) is 5.69 Å². The van der Waals surface area contributed by atoms with E-state index in [2.05, 4.69) is 21.2 Å². The fourth-order valence-corrected chi connectivity index (χ4v) is 2.08. The molecular formula is C15H15BrN2O. The van der Waals surface area contributed by atoms with Gasteiger partial charge in [-0.25, -0.2) is 0 Å². The second-order valence-electron chi connectivity index (χ2n) is 4.37. The van der Waals surface area contributed by atoms with Crippen LogP contribution in [0, 0.1) is 6.92 Å². The molecule has 2 aromatic carbocycles. The van der Waals surface area contributed by atoms with Crippen molar-refractivity contribution < 1.29 is 4.79 Å². The Morgan fingerprint density at radius 2 is 1.89 bits per heavy atom. The molecule has 0 saturated heterocycles. The maximum Gasteiger partial charge on any atom is 0.248 e. The summed E-state index contributed by atoms with van der Waals surface area (Å²) in [5.74, 6) is -0.393. The van der Waals surface area contributed by atoms with E-state index < -0.39 is 5.91 Å². The second kappa shape index (κ2) is 5.89. The standard InChI is InChI=1S/C15H15BrN2O/c1-10-8-11(15(17)19)2-3-12(10)9-18-14-6-4-13(16)5-7-14/h2-8,18H,9H2,1H3,(H2,17,19). The van der Waals surface area contributed by atoms with Crippen molar-refractivity contribution in [1.82, 2.24) is 0 Å². The van der Waals surface area contributed by atoms with Crippen LogP contribution in [0.25, 0.3) is 0 Å². The van der Waals surface area contributed by atoms with Crippen LogP contribution in [0.15, 0.2) is 46.9 Å². The quantitative estimate of drug-likeness (QED) is 0.906. The molecule has 0 fully saturated rings. The Morgan fingerprint density at radius 1 is 1.21 bits per heavy atom. The predicted molar refractivity (Wildman–Crippen MR) is 81.2 cm³/mol. The number of hydrogen-bond acceptors (Lipinski definition) is 2. The van der Waals surface area contributed by atoms with Crippen LogP contribution in [-0.2, 0) is 6.54 Å². The molecular weight excluding hydrogens is 304 g/mol. The fourth-order valence-electron chi connectivity index (χ4n) is 1.81. The number of primary amides is 1. The van der Waals surface area contributed by atoms with E-state index in [1.165, 1.54) is 0 Å². The normalized spacial score (nSPS) is 10.2. The molecule has 3 N–H and O–H groups in total. The summed E-state index contributed by atoms with van der Waals surface area (Å²) >= 11 is 3.40. The molecule has 3 nitrogen and oxygen atoms in total. The van der Waals surface area contributed by atoms with E-state index in [1.54, 1.807) is 6.07 Å². The molecule has 0 radical (unpaired) electrons. The zero-order valence-corrected chi connectivity index (χ0v) is 12.2. The Hall–Kier alpha value is -1.81. The van der Waals surface area contributed by atoms with Crippen molar-refractivity contribution in [3.05, 3.63) is 63.6 Å². The number of nitrogens with two attached hydrogens (primary N) is 1. The highest BCUT2D eigenvalue weighted by atomic mass is 79.9. The van der Waals surface area contributed by atoms with Gasteiger partial charge in [0.15, 0.2) is 0 Å². The average molecular weight is 319 g/mol. The summed E-state index contributed by atoms with van der Waals surface area (Å²) in [5.41, 5.74) is 9.06. The van der Waals surface area contributed by atoms with Crippen molar-refractivity contribution in [2.75, 3.05) is 5.32 Å². The molecule has 19 heavy (non-hydrogen) atoms. The van der Waals surface area contributed by atoms with Crippen molar-refractivity contribution in [3.8, 4) is 0 Å². The number of anilines is 1. The van der Waals surface area contributed by atoms with Gasteiger partial charge in [-0.3, -0.25) is 4.79 Å². The molecule has 98 valence electrons. The molecule has 0 unspecified atom stereocenters. The molecule has 0 spiro atoms. The summed E-state index contributed by atoms with van der Waals surface area (Å²) in [6.45, 7) is 2.69. The van der Waals surface area contributed by atoms with Crippen LogP contribution in [-0.4, -0.2) is 5.91 Å². The van der Waals surface area contributed by atoms with Crippen molar-refractivity contribution in [1.29, 1.82) is 0 Å². The fraction of sp³-hybridized carbons (Fsp3) is 0.133. The molecule has 0 aromatic heterocycles. The van der Waals surface area contributed by atoms with Crippen molar-refractivity contribution in [2.45, 2.75) is 13.5 Å². The number of halogens is 1. The number of benzene rings is 2. The van der Waals surface area contributed by atoms with Gasteiger partial charge in [-0.05, 0) is 54.4 Å². The van der Waals surface area contributed by atoms with E-state index in [0.717, 1.165) is 21.3 Å². The maximum atomic E-state index is 11.1. The summed E-state index contributed by atoms with van der Waals surface area (Å²) in [7, 11) is 0. The number of amides is 1. The van der Waals surface area contributed by atoms with E-state index >= 15 is 0 Å². The van der Waals surface area contributed by atoms with Crippen LogP contribution in [0.1, 0.15) is 21.5 Å². The summed E-state index contributed by atoms with van der Waals surface area (Å²) in [4.78, 5) is 11.1. The maximum absolute atomic E-state index is 11.1. The average Bonchev–Trinajstić information content (AvgIpc) is 2.39. The van der Waals surface area contributed by atoms with Gasteiger partial charge in [-0.15, -0.1) is 0 Å². The molecule has 2 rings (SSSR count). The molecule has 0 saturated carbocycles. The minimum atomic E-state index is -0.393. The van der Waals surface area contributed by atoms with Gasteiger partial charge >= 0.3 is 0 Å².